The zero-order valence-corrected chi connectivity index (χ0v) is 6.97. The van der Waals surface area contributed by atoms with Gasteiger partial charge < -0.3 is 14.6 Å². The van der Waals surface area contributed by atoms with Crippen LogP contribution in [0.3, 0.4) is 0 Å². The van der Waals surface area contributed by atoms with Crippen LogP contribution in [-0.2, 0) is 9.47 Å². The molecule has 0 aromatic rings. The highest BCUT2D eigenvalue weighted by Crippen LogP contribution is 2.05. The van der Waals surface area contributed by atoms with Crippen LogP contribution in [0.25, 0.3) is 0 Å². The molecule has 0 saturated carbocycles. The van der Waals surface area contributed by atoms with Crippen molar-refractivity contribution in [3.63, 3.8) is 0 Å². The molecule has 0 aliphatic heterocycles. The van der Waals surface area contributed by atoms with Gasteiger partial charge in [0.05, 0.1) is 24.7 Å². The Kier molecular flexibility index (Phi) is 6.02. The molecule has 0 aromatic heterocycles. The van der Waals surface area contributed by atoms with E-state index in [4.69, 9.17) is 26.2 Å². The van der Waals surface area contributed by atoms with E-state index >= 15 is 0 Å². The van der Waals surface area contributed by atoms with Gasteiger partial charge in [0.1, 0.15) is 0 Å². The summed E-state index contributed by atoms with van der Waals surface area (Å²) < 4.78 is 9.72. The Morgan fingerprint density at radius 3 is 2.40 bits per heavy atom. The molecule has 0 heterocycles. The van der Waals surface area contributed by atoms with E-state index in [-0.39, 0.29) is 18.1 Å². The highest BCUT2D eigenvalue weighted by molar-refractivity contribution is 6.21. The van der Waals surface area contributed by atoms with Crippen LogP contribution in [0, 0.1) is 0 Å². The first-order valence-electron chi connectivity index (χ1n) is 3.03. The molecule has 0 radical (unpaired) electrons. The Bertz CT molecular complexity index is 79.4. The lowest BCUT2D eigenvalue weighted by molar-refractivity contribution is 0.0170. The van der Waals surface area contributed by atoms with E-state index in [0.29, 0.717) is 6.61 Å². The van der Waals surface area contributed by atoms with E-state index in [2.05, 4.69) is 0 Å². The fourth-order valence-corrected chi connectivity index (χ4v) is 0.778. The maximum Gasteiger partial charge on any atom is 0.0989 e. The maximum absolute atomic E-state index is 8.60. The Balaban J connectivity index is 3.56. The molecule has 0 saturated heterocycles. The molecule has 0 rings (SSSR count). The second-order valence-electron chi connectivity index (χ2n) is 1.93. The predicted octanol–water partition coefficient (Wildman–Crippen LogP) is 0.247. The minimum absolute atomic E-state index is 0.0938. The van der Waals surface area contributed by atoms with Gasteiger partial charge in [-0.1, -0.05) is 0 Å². The van der Waals surface area contributed by atoms with Crippen molar-refractivity contribution in [2.75, 3.05) is 27.4 Å². The molecule has 0 aromatic carbocycles. The highest BCUT2D eigenvalue weighted by Gasteiger charge is 2.16. The number of ether oxygens (including phenoxy) is 2. The number of halogens is 1. The van der Waals surface area contributed by atoms with Crippen molar-refractivity contribution < 1.29 is 14.6 Å². The Labute approximate surface area is 65.9 Å². The molecule has 4 heteroatoms. The van der Waals surface area contributed by atoms with Crippen LogP contribution in [0.5, 0.6) is 0 Å². The molecule has 0 aliphatic carbocycles. The van der Waals surface area contributed by atoms with Gasteiger partial charge in [0.2, 0.25) is 0 Å². The molecule has 0 spiro atoms. The normalized spacial score (nSPS) is 16.8. The number of aliphatic hydroxyl groups is 1. The van der Waals surface area contributed by atoms with Gasteiger partial charge in [-0.25, -0.2) is 0 Å². The van der Waals surface area contributed by atoms with Gasteiger partial charge in [-0.15, -0.1) is 11.6 Å². The summed E-state index contributed by atoms with van der Waals surface area (Å²) >= 11 is 5.66. The molecule has 0 fully saturated rings. The quantitative estimate of drug-likeness (QED) is 0.598. The lowest BCUT2D eigenvalue weighted by Crippen LogP contribution is -2.30. The Hall–Kier alpha value is 0.170. The summed E-state index contributed by atoms with van der Waals surface area (Å²) in [6.07, 6.45) is -0.225. The van der Waals surface area contributed by atoms with Crippen LogP contribution in [0.2, 0.25) is 0 Å². The molecular formula is C6H13ClO3. The fourth-order valence-electron chi connectivity index (χ4n) is 0.602. The average Bonchev–Trinajstić information content (AvgIpc) is 1.99. The van der Waals surface area contributed by atoms with Crippen molar-refractivity contribution in [1.29, 1.82) is 0 Å². The fraction of sp³-hybridized carbons (Fsp3) is 1.00. The Morgan fingerprint density at radius 2 is 2.10 bits per heavy atom. The summed E-state index contributed by atoms with van der Waals surface area (Å²) in [6.45, 7) is 0.314. The first-order chi connectivity index (χ1) is 4.76. The molecular weight excluding hydrogens is 156 g/mol. The molecule has 10 heavy (non-hydrogen) atoms. The Morgan fingerprint density at radius 1 is 1.50 bits per heavy atom. The highest BCUT2D eigenvalue weighted by atomic mass is 35.5. The number of hydrogen-bond donors (Lipinski definition) is 1. The van der Waals surface area contributed by atoms with Crippen LogP contribution < -0.4 is 0 Å². The minimum atomic E-state index is -0.384. The maximum atomic E-state index is 8.60. The molecule has 62 valence electrons. The number of alkyl halides is 1. The molecule has 2 atom stereocenters. The van der Waals surface area contributed by atoms with Crippen LogP contribution >= 0.6 is 11.6 Å². The van der Waals surface area contributed by atoms with Gasteiger partial charge >= 0.3 is 0 Å². The average molecular weight is 169 g/mol. The standard InChI is InChI=1S/C6H13ClO3/c1-9-4-6(10-2)5(7)3-8/h5-6,8H,3-4H2,1-2H3. The zero-order chi connectivity index (χ0) is 7.98. The molecule has 0 amide bonds. The summed E-state index contributed by atoms with van der Waals surface area (Å²) in [5.41, 5.74) is 0. The lowest BCUT2D eigenvalue weighted by atomic mass is 10.3. The third kappa shape index (κ3) is 3.37. The monoisotopic (exact) mass is 168 g/mol. The van der Waals surface area contributed by atoms with E-state index in [1.165, 1.54) is 7.11 Å². The van der Waals surface area contributed by atoms with E-state index in [1.54, 1.807) is 7.11 Å². The summed E-state index contributed by atoms with van der Waals surface area (Å²) in [7, 11) is 3.10. The number of hydrogen-bond acceptors (Lipinski definition) is 3. The van der Waals surface area contributed by atoms with Crippen molar-refractivity contribution >= 4 is 11.6 Å². The second kappa shape index (κ2) is 5.92. The predicted molar refractivity (Wildman–Crippen MR) is 39.4 cm³/mol. The first kappa shape index (κ1) is 10.2. The lowest BCUT2D eigenvalue weighted by Gasteiger charge is -2.17. The van der Waals surface area contributed by atoms with Crippen molar-refractivity contribution in [2.45, 2.75) is 11.5 Å². The molecule has 0 aliphatic rings. The van der Waals surface area contributed by atoms with Crippen molar-refractivity contribution in [3.05, 3.63) is 0 Å². The largest absolute Gasteiger partial charge is 0.395 e. The van der Waals surface area contributed by atoms with Gasteiger partial charge in [-0.05, 0) is 0 Å². The molecule has 2 unspecified atom stereocenters. The molecule has 3 nitrogen and oxygen atoms in total. The number of methoxy groups -OCH3 is 2. The number of rotatable bonds is 5. The summed E-state index contributed by atoms with van der Waals surface area (Å²) in [4.78, 5) is 0. The van der Waals surface area contributed by atoms with Gasteiger partial charge in [-0.3, -0.25) is 0 Å². The van der Waals surface area contributed by atoms with Gasteiger partial charge in [0.25, 0.3) is 0 Å². The SMILES string of the molecule is COCC(OC)C(Cl)CO. The van der Waals surface area contributed by atoms with E-state index < -0.39 is 0 Å². The van der Waals surface area contributed by atoms with Crippen LogP contribution in [0.1, 0.15) is 0 Å². The zero-order valence-electron chi connectivity index (χ0n) is 6.21. The summed E-state index contributed by atoms with van der Waals surface area (Å²) in [5.74, 6) is 0. The van der Waals surface area contributed by atoms with E-state index in [1.807, 2.05) is 0 Å². The second-order valence-corrected chi connectivity index (χ2v) is 2.49. The van der Waals surface area contributed by atoms with E-state index in [9.17, 15) is 0 Å². The summed E-state index contributed by atoms with van der Waals surface area (Å²) in [6, 6.07) is 0. The van der Waals surface area contributed by atoms with Crippen molar-refractivity contribution in [2.24, 2.45) is 0 Å². The third-order valence-corrected chi connectivity index (χ3v) is 1.63. The topological polar surface area (TPSA) is 38.7 Å². The van der Waals surface area contributed by atoms with Crippen molar-refractivity contribution in [1.82, 2.24) is 0 Å². The van der Waals surface area contributed by atoms with Crippen LogP contribution in [0.4, 0.5) is 0 Å². The van der Waals surface area contributed by atoms with Gasteiger partial charge in [-0.2, -0.15) is 0 Å². The molecule has 0 bridgehead atoms. The minimum Gasteiger partial charge on any atom is -0.395 e. The summed E-state index contributed by atoms with van der Waals surface area (Å²) in [5, 5.41) is 8.21. The number of aliphatic hydroxyl groups excluding tert-OH is 1. The van der Waals surface area contributed by atoms with Crippen molar-refractivity contribution in [3.8, 4) is 0 Å². The van der Waals surface area contributed by atoms with Gasteiger partial charge in [0, 0.05) is 14.2 Å². The van der Waals surface area contributed by atoms with E-state index in [0.717, 1.165) is 0 Å². The third-order valence-electron chi connectivity index (χ3n) is 1.21. The smallest absolute Gasteiger partial charge is 0.0989 e. The molecule has 1 N–H and O–H groups in total. The first-order valence-corrected chi connectivity index (χ1v) is 3.46. The van der Waals surface area contributed by atoms with Crippen LogP contribution in [-0.4, -0.2) is 44.0 Å². The van der Waals surface area contributed by atoms with Gasteiger partial charge in [0.15, 0.2) is 0 Å². The van der Waals surface area contributed by atoms with Crippen LogP contribution in [0.15, 0.2) is 0 Å².